The third-order valence-electron chi connectivity index (χ3n) is 3.43. The number of halogens is 2. The number of ketones is 1. The van der Waals surface area contributed by atoms with Crippen molar-refractivity contribution in [3.63, 3.8) is 0 Å². The zero-order chi connectivity index (χ0) is 19.2. The van der Waals surface area contributed by atoms with Crippen molar-refractivity contribution in [3.05, 3.63) is 63.1 Å². The zero-order valence-electron chi connectivity index (χ0n) is 14.1. The molecule has 0 saturated heterocycles. The summed E-state index contributed by atoms with van der Waals surface area (Å²) >= 11 is 14.7. The van der Waals surface area contributed by atoms with Crippen LogP contribution in [0, 0.1) is 0 Å². The average molecular weight is 441 g/mol. The Morgan fingerprint density at radius 2 is 1.89 bits per heavy atom. The first-order chi connectivity index (χ1) is 13.0. The minimum atomic E-state index is -0.122. The van der Waals surface area contributed by atoms with Gasteiger partial charge in [-0.05, 0) is 36.6 Å². The van der Waals surface area contributed by atoms with Crippen molar-refractivity contribution in [2.45, 2.75) is 11.5 Å². The lowest BCUT2D eigenvalue weighted by Crippen LogP contribution is -2.11. The molecule has 0 aliphatic heterocycles. The minimum absolute atomic E-state index is 0.100. The molecule has 1 heterocycles. The molecule has 27 heavy (non-hydrogen) atoms. The van der Waals surface area contributed by atoms with Gasteiger partial charge in [-0.2, -0.15) is 0 Å². The molecule has 0 unspecified atom stereocenters. The zero-order valence-corrected chi connectivity index (χ0v) is 17.3. The van der Waals surface area contributed by atoms with Crippen molar-refractivity contribution in [3.8, 4) is 10.9 Å². The van der Waals surface area contributed by atoms with E-state index in [1.165, 1.54) is 11.3 Å². The van der Waals surface area contributed by atoms with E-state index >= 15 is 0 Å². The monoisotopic (exact) mass is 440 g/mol. The molecule has 1 aromatic heterocycles. The summed E-state index contributed by atoms with van der Waals surface area (Å²) in [6.07, 6.45) is 1.98. The maximum atomic E-state index is 12.2. The second-order valence-electron chi connectivity index (χ2n) is 5.27. The fourth-order valence-corrected chi connectivity index (χ4v) is 3.55. The standard InChI is InChI=1S/C18H14Cl2N2O3S2/c1-26-13-5-2-11(3-6-13)15(23)9-25-18-22-21-17(27-18)10-24-16-7-4-12(19)8-14(16)20/h2-8H,9-10H2,1H3. The Kier molecular flexibility index (Phi) is 6.95. The molecule has 0 N–H and O–H groups in total. The van der Waals surface area contributed by atoms with Crippen LogP contribution >= 0.6 is 46.3 Å². The Morgan fingerprint density at radius 1 is 1.11 bits per heavy atom. The first-order valence-electron chi connectivity index (χ1n) is 7.75. The number of benzene rings is 2. The topological polar surface area (TPSA) is 61.3 Å². The molecule has 3 rings (SSSR count). The maximum absolute atomic E-state index is 12.2. The molecule has 0 amide bonds. The quantitative estimate of drug-likeness (QED) is 0.344. The fraction of sp³-hybridized carbons (Fsp3) is 0.167. The molecule has 9 heteroatoms. The summed E-state index contributed by atoms with van der Waals surface area (Å²) in [4.78, 5) is 13.3. The molecule has 0 saturated carbocycles. The summed E-state index contributed by atoms with van der Waals surface area (Å²) in [5.74, 6) is 0.381. The number of carbonyl (C=O) groups excluding carboxylic acids is 1. The highest BCUT2D eigenvalue weighted by Gasteiger charge is 2.11. The molecule has 5 nitrogen and oxygen atoms in total. The third kappa shape index (κ3) is 5.59. The van der Waals surface area contributed by atoms with Gasteiger partial charge in [0, 0.05) is 15.5 Å². The van der Waals surface area contributed by atoms with Gasteiger partial charge in [0.1, 0.15) is 12.4 Å². The maximum Gasteiger partial charge on any atom is 0.294 e. The Balaban J connectivity index is 1.52. The molecule has 0 aliphatic carbocycles. The number of ether oxygens (including phenoxy) is 2. The van der Waals surface area contributed by atoms with Crippen LogP contribution in [0.1, 0.15) is 15.4 Å². The van der Waals surface area contributed by atoms with Crippen LogP contribution in [-0.4, -0.2) is 28.8 Å². The molecule has 0 spiro atoms. The smallest absolute Gasteiger partial charge is 0.294 e. The van der Waals surface area contributed by atoms with Gasteiger partial charge >= 0.3 is 0 Å². The van der Waals surface area contributed by atoms with Crippen LogP contribution in [0.5, 0.6) is 10.9 Å². The van der Waals surface area contributed by atoms with Gasteiger partial charge in [0.05, 0.1) is 5.02 Å². The second-order valence-corrected chi connectivity index (χ2v) is 8.01. The summed E-state index contributed by atoms with van der Waals surface area (Å²) < 4.78 is 11.0. The third-order valence-corrected chi connectivity index (χ3v) is 5.52. The highest BCUT2D eigenvalue weighted by atomic mass is 35.5. The lowest BCUT2D eigenvalue weighted by atomic mass is 10.1. The van der Waals surface area contributed by atoms with Crippen LogP contribution in [0.25, 0.3) is 0 Å². The number of Topliss-reactive ketones (excluding diaryl/α,β-unsaturated/α-hetero) is 1. The SMILES string of the molecule is CSc1ccc(C(=O)COc2nnc(COc3ccc(Cl)cc3Cl)s2)cc1. The predicted octanol–water partition coefficient (Wildman–Crippen LogP) is 5.41. The minimum Gasteiger partial charge on any atom is -0.485 e. The molecule has 0 fully saturated rings. The van der Waals surface area contributed by atoms with E-state index in [-0.39, 0.29) is 19.0 Å². The second kappa shape index (κ2) is 9.41. The molecule has 0 atom stereocenters. The van der Waals surface area contributed by atoms with E-state index in [9.17, 15) is 4.79 Å². The molecule has 0 aliphatic rings. The van der Waals surface area contributed by atoms with Crippen molar-refractivity contribution in [1.29, 1.82) is 0 Å². The first kappa shape index (κ1) is 19.9. The van der Waals surface area contributed by atoms with Gasteiger partial charge in [-0.25, -0.2) is 0 Å². The lowest BCUT2D eigenvalue weighted by Gasteiger charge is -2.05. The number of aromatic nitrogens is 2. The van der Waals surface area contributed by atoms with Gasteiger partial charge in [-0.3, -0.25) is 4.79 Å². The van der Waals surface area contributed by atoms with Gasteiger partial charge in [-0.15, -0.1) is 16.9 Å². The van der Waals surface area contributed by atoms with Crippen molar-refractivity contribution < 1.29 is 14.3 Å². The van der Waals surface area contributed by atoms with E-state index in [0.29, 0.717) is 31.6 Å². The van der Waals surface area contributed by atoms with E-state index in [1.54, 1.807) is 42.1 Å². The summed E-state index contributed by atoms with van der Waals surface area (Å²) in [6.45, 7) is 0.0869. The Labute approximate surface area is 174 Å². The van der Waals surface area contributed by atoms with Gasteiger partial charge in [-0.1, -0.05) is 51.8 Å². The lowest BCUT2D eigenvalue weighted by molar-refractivity contribution is 0.0920. The van der Waals surface area contributed by atoms with Crippen molar-refractivity contribution in [1.82, 2.24) is 10.2 Å². The molecule has 3 aromatic rings. The average Bonchev–Trinajstić information content (AvgIpc) is 3.13. The van der Waals surface area contributed by atoms with Crippen molar-refractivity contribution >= 4 is 52.1 Å². The van der Waals surface area contributed by atoms with E-state index in [1.807, 2.05) is 18.4 Å². The van der Waals surface area contributed by atoms with Gasteiger partial charge in [0.2, 0.25) is 0 Å². The van der Waals surface area contributed by atoms with E-state index in [0.717, 1.165) is 4.90 Å². The number of hydrogen-bond acceptors (Lipinski definition) is 7. The molecular formula is C18H14Cl2N2O3S2. The first-order valence-corrected chi connectivity index (χ1v) is 10.5. The van der Waals surface area contributed by atoms with Crippen LogP contribution < -0.4 is 9.47 Å². The van der Waals surface area contributed by atoms with Crippen LogP contribution in [0.4, 0.5) is 0 Å². The normalized spacial score (nSPS) is 10.6. The highest BCUT2D eigenvalue weighted by Crippen LogP contribution is 2.29. The van der Waals surface area contributed by atoms with E-state index in [2.05, 4.69) is 10.2 Å². The van der Waals surface area contributed by atoms with Crippen molar-refractivity contribution in [2.24, 2.45) is 0 Å². The van der Waals surface area contributed by atoms with Gasteiger partial charge in [0.25, 0.3) is 5.19 Å². The van der Waals surface area contributed by atoms with Gasteiger partial charge in [0.15, 0.2) is 17.4 Å². The summed E-state index contributed by atoms with van der Waals surface area (Å²) in [6, 6.07) is 12.4. The fourth-order valence-electron chi connectivity index (χ4n) is 2.07. The summed E-state index contributed by atoms with van der Waals surface area (Å²) in [5, 5.41) is 9.77. The van der Waals surface area contributed by atoms with Gasteiger partial charge < -0.3 is 9.47 Å². The van der Waals surface area contributed by atoms with E-state index < -0.39 is 0 Å². The number of nitrogens with zero attached hydrogens (tertiary/aromatic N) is 2. The summed E-state index contributed by atoms with van der Waals surface area (Å²) in [5.41, 5.74) is 0.596. The molecular weight excluding hydrogens is 427 g/mol. The Hall–Kier alpha value is -1.80. The molecule has 0 bridgehead atoms. The van der Waals surface area contributed by atoms with Crippen molar-refractivity contribution in [2.75, 3.05) is 12.9 Å². The Morgan fingerprint density at radius 3 is 2.59 bits per heavy atom. The number of rotatable bonds is 8. The molecule has 140 valence electrons. The number of thioether (sulfide) groups is 1. The van der Waals surface area contributed by atoms with Crippen LogP contribution in [-0.2, 0) is 6.61 Å². The Bertz CT molecular complexity index is 933. The molecule has 0 radical (unpaired) electrons. The summed E-state index contributed by atoms with van der Waals surface area (Å²) in [7, 11) is 0. The van der Waals surface area contributed by atoms with Crippen LogP contribution in [0.3, 0.4) is 0 Å². The van der Waals surface area contributed by atoms with Crippen LogP contribution in [0.2, 0.25) is 10.0 Å². The van der Waals surface area contributed by atoms with E-state index in [4.69, 9.17) is 32.7 Å². The predicted molar refractivity (Wildman–Crippen MR) is 109 cm³/mol. The number of carbonyl (C=O) groups is 1. The molecule has 2 aromatic carbocycles. The van der Waals surface area contributed by atoms with Crippen LogP contribution in [0.15, 0.2) is 47.4 Å². The largest absolute Gasteiger partial charge is 0.485 e. The highest BCUT2D eigenvalue weighted by molar-refractivity contribution is 7.98. The number of hydrogen-bond donors (Lipinski definition) is 0.